The second-order valence-electron chi connectivity index (χ2n) is 3.81. The van der Waals surface area contributed by atoms with Gasteiger partial charge in [-0.1, -0.05) is 0 Å². The molecule has 0 aliphatic carbocycles. The predicted molar refractivity (Wildman–Crippen MR) is 67.5 cm³/mol. The molecule has 4 heteroatoms. The Kier molecular flexibility index (Phi) is 3.29. The molecule has 0 unspecified atom stereocenters. The van der Waals surface area contributed by atoms with Crippen LogP contribution in [0.25, 0.3) is 0 Å². The number of aromatic nitrogens is 1. The van der Waals surface area contributed by atoms with E-state index in [4.69, 9.17) is 4.42 Å². The van der Waals surface area contributed by atoms with Crippen LogP contribution in [0.15, 0.2) is 39.7 Å². The van der Waals surface area contributed by atoms with Crippen molar-refractivity contribution in [1.82, 2.24) is 4.98 Å². The maximum Gasteiger partial charge on any atom is 0.142 e. The summed E-state index contributed by atoms with van der Waals surface area (Å²) in [7, 11) is 2.01. The van der Waals surface area contributed by atoms with E-state index in [1.165, 1.54) is 0 Å². The molecule has 0 N–H and O–H groups in total. The van der Waals surface area contributed by atoms with E-state index in [2.05, 4.69) is 31.9 Å². The van der Waals surface area contributed by atoms with E-state index in [0.29, 0.717) is 0 Å². The van der Waals surface area contributed by atoms with E-state index in [9.17, 15) is 0 Å². The van der Waals surface area contributed by atoms with Gasteiger partial charge in [0, 0.05) is 25.4 Å². The first-order valence-corrected chi connectivity index (χ1v) is 5.80. The Morgan fingerprint density at radius 2 is 2.31 bits per heavy atom. The first-order chi connectivity index (χ1) is 7.66. The first kappa shape index (κ1) is 11.2. The molecule has 0 aliphatic rings. The minimum atomic E-state index is 0.783. The van der Waals surface area contributed by atoms with Gasteiger partial charge in [-0.2, -0.15) is 0 Å². The van der Waals surface area contributed by atoms with Crippen molar-refractivity contribution in [2.45, 2.75) is 13.5 Å². The van der Waals surface area contributed by atoms with Crippen LogP contribution in [0, 0.1) is 6.92 Å². The fraction of sp³-hybridized carbons (Fsp3) is 0.250. The Morgan fingerprint density at radius 1 is 1.50 bits per heavy atom. The molecular formula is C12H13BrN2O. The van der Waals surface area contributed by atoms with Gasteiger partial charge in [0.1, 0.15) is 5.82 Å². The van der Waals surface area contributed by atoms with Crippen molar-refractivity contribution >= 4 is 21.7 Å². The van der Waals surface area contributed by atoms with Gasteiger partial charge in [0.15, 0.2) is 0 Å². The van der Waals surface area contributed by atoms with Gasteiger partial charge < -0.3 is 9.32 Å². The van der Waals surface area contributed by atoms with E-state index in [-0.39, 0.29) is 0 Å². The number of halogens is 1. The van der Waals surface area contributed by atoms with Crippen molar-refractivity contribution in [3.63, 3.8) is 0 Å². The van der Waals surface area contributed by atoms with Crippen molar-refractivity contribution < 1.29 is 4.42 Å². The monoisotopic (exact) mass is 280 g/mol. The standard InChI is InChI=1S/C12H13BrN2O/c1-9-5-11(13)12(14-6-9)15(2)7-10-3-4-16-8-10/h3-6,8H,7H2,1-2H3. The predicted octanol–water partition coefficient (Wildman–Crippen LogP) is 3.38. The smallest absolute Gasteiger partial charge is 0.142 e. The number of furan rings is 1. The molecule has 2 rings (SSSR count). The summed E-state index contributed by atoms with van der Waals surface area (Å²) >= 11 is 3.52. The van der Waals surface area contributed by atoms with Gasteiger partial charge in [-0.05, 0) is 40.5 Å². The molecule has 0 bridgehead atoms. The van der Waals surface area contributed by atoms with Crippen molar-refractivity contribution in [2.75, 3.05) is 11.9 Å². The molecule has 0 saturated carbocycles. The molecule has 0 saturated heterocycles. The summed E-state index contributed by atoms with van der Waals surface area (Å²) in [5.74, 6) is 0.937. The molecule has 0 radical (unpaired) electrons. The summed E-state index contributed by atoms with van der Waals surface area (Å²) in [4.78, 5) is 6.48. The number of rotatable bonds is 3. The minimum Gasteiger partial charge on any atom is -0.472 e. The van der Waals surface area contributed by atoms with E-state index in [1.807, 2.05) is 26.2 Å². The second-order valence-corrected chi connectivity index (χ2v) is 4.66. The minimum absolute atomic E-state index is 0.783. The van der Waals surface area contributed by atoms with E-state index in [1.54, 1.807) is 12.5 Å². The van der Waals surface area contributed by atoms with Crippen LogP contribution in [0.3, 0.4) is 0 Å². The third kappa shape index (κ3) is 2.44. The van der Waals surface area contributed by atoms with Crippen molar-refractivity contribution in [3.05, 3.63) is 46.5 Å². The maximum absolute atomic E-state index is 5.04. The normalized spacial score (nSPS) is 10.4. The molecule has 0 fully saturated rings. The van der Waals surface area contributed by atoms with Crippen LogP contribution in [0.5, 0.6) is 0 Å². The lowest BCUT2D eigenvalue weighted by molar-refractivity contribution is 0.563. The van der Waals surface area contributed by atoms with Crippen molar-refractivity contribution in [3.8, 4) is 0 Å². The summed E-state index contributed by atoms with van der Waals surface area (Å²) in [6, 6.07) is 4.02. The highest BCUT2D eigenvalue weighted by Crippen LogP contribution is 2.24. The van der Waals surface area contributed by atoms with Crippen LogP contribution >= 0.6 is 15.9 Å². The number of hydrogen-bond donors (Lipinski definition) is 0. The molecule has 0 spiro atoms. The third-order valence-corrected chi connectivity index (χ3v) is 2.90. The number of aryl methyl sites for hydroxylation is 1. The van der Waals surface area contributed by atoms with Gasteiger partial charge in [0.2, 0.25) is 0 Å². The first-order valence-electron chi connectivity index (χ1n) is 5.01. The number of hydrogen-bond acceptors (Lipinski definition) is 3. The lowest BCUT2D eigenvalue weighted by Gasteiger charge is -2.18. The van der Waals surface area contributed by atoms with Crippen molar-refractivity contribution in [2.24, 2.45) is 0 Å². The zero-order valence-corrected chi connectivity index (χ0v) is 10.9. The fourth-order valence-corrected chi connectivity index (χ4v) is 2.30. The Bertz CT molecular complexity index is 468. The number of pyridine rings is 1. The molecule has 0 aromatic carbocycles. The largest absolute Gasteiger partial charge is 0.472 e. The van der Waals surface area contributed by atoms with Crippen molar-refractivity contribution in [1.29, 1.82) is 0 Å². The van der Waals surface area contributed by atoms with Crippen LogP contribution in [-0.4, -0.2) is 12.0 Å². The summed E-state index contributed by atoms with van der Waals surface area (Å²) in [5.41, 5.74) is 2.28. The molecule has 0 atom stereocenters. The Balaban J connectivity index is 2.17. The number of anilines is 1. The quantitative estimate of drug-likeness (QED) is 0.863. The molecule has 2 aromatic heterocycles. The molecule has 84 valence electrons. The fourth-order valence-electron chi connectivity index (χ4n) is 1.54. The summed E-state index contributed by atoms with van der Waals surface area (Å²) in [5, 5.41) is 0. The van der Waals surface area contributed by atoms with Gasteiger partial charge in [-0.3, -0.25) is 0 Å². The zero-order chi connectivity index (χ0) is 11.5. The van der Waals surface area contributed by atoms with E-state index >= 15 is 0 Å². The van der Waals surface area contributed by atoms with Crippen LogP contribution in [-0.2, 0) is 6.54 Å². The van der Waals surface area contributed by atoms with Gasteiger partial charge in [0.05, 0.1) is 17.0 Å². The highest BCUT2D eigenvalue weighted by molar-refractivity contribution is 9.10. The van der Waals surface area contributed by atoms with Crippen LogP contribution in [0.1, 0.15) is 11.1 Å². The van der Waals surface area contributed by atoms with Gasteiger partial charge >= 0.3 is 0 Å². The molecule has 3 nitrogen and oxygen atoms in total. The SMILES string of the molecule is Cc1cnc(N(C)Cc2ccoc2)c(Br)c1. The molecule has 0 amide bonds. The summed E-state index contributed by atoms with van der Waals surface area (Å²) in [6.45, 7) is 2.81. The lowest BCUT2D eigenvalue weighted by Crippen LogP contribution is -2.17. The number of nitrogens with zero attached hydrogens (tertiary/aromatic N) is 2. The van der Waals surface area contributed by atoms with Crippen LogP contribution in [0.2, 0.25) is 0 Å². The highest BCUT2D eigenvalue weighted by Gasteiger charge is 2.08. The van der Waals surface area contributed by atoms with Crippen LogP contribution in [0.4, 0.5) is 5.82 Å². The van der Waals surface area contributed by atoms with Gasteiger partial charge in [-0.15, -0.1) is 0 Å². The topological polar surface area (TPSA) is 29.3 Å². The Hall–Kier alpha value is -1.29. The highest BCUT2D eigenvalue weighted by atomic mass is 79.9. The average Bonchev–Trinajstić information content (AvgIpc) is 2.70. The second kappa shape index (κ2) is 4.70. The molecule has 0 aliphatic heterocycles. The maximum atomic E-state index is 5.04. The molecular weight excluding hydrogens is 268 g/mol. The Morgan fingerprint density at radius 3 is 2.94 bits per heavy atom. The molecule has 16 heavy (non-hydrogen) atoms. The van der Waals surface area contributed by atoms with Crippen LogP contribution < -0.4 is 4.90 Å². The summed E-state index contributed by atoms with van der Waals surface area (Å²) < 4.78 is 6.05. The lowest BCUT2D eigenvalue weighted by atomic mass is 10.3. The third-order valence-electron chi connectivity index (χ3n) is 2.32. The molecule has 2 heterocycles. The Labute approximate surface area is 103 Å². The average molecular weight is 281 g/mol. The van der Waals surface area contributed by atoms with Gasteiger partial charge in [-0.25, -0.2) is 4.98 Å². The van der Waals surface area contributed by atoms with E-state index in [0.717, 1.165) is 28.0 Å². The zero-order valence-electron chi connectivity index (χ0n) is 9.27. The van der Waals surface area contributed by atoms with E-state index < -0.39 is 0 Å². The summed E-state index contributed by atoms with van der Waals surface area (Å²) in [6.07, 6.45) is 5.30. The molecule has 2 aromatic rings. The van der Waals surface area contributed by atoms with Gasteiger partial charge in [0.25, 0.3) is 0 Å².